The van der Waals surface area contributed by atoms with Crippen LogP contribution in [0, 0.1) is 0 Å². The third-order valence-electron chi connectivity index (χ3n) is 4.02. The van der Waals surface area contributed by atoms with E-state index in [2.05, 4.69) is 37.3 Å². The van der Waals surface area contributed by atoms with E-state index in [1.165, 1.54) is 11.1 Å². The van der Waals surface area contributed by atoms with E-state index in [-0.39, 0.29) is 5.75 Å². The Morgan fingerprint density at radius 2 is 1.54 bits per heavy atom. The molecule has 0 unspecified atom stereocenters. The van der Waals surface area contributed by atoms with Gasteiger partial charge in [-0.15, -0.1) is 0 Å². The van der Waals surface area contributed by atoms with Crippen LogP contribution in [0.25, 0.3) is 11.1 Å². The second-order valence-corrected chi connectivity index (χ2v) is 5.89. The molecule has 24 heavy (non-hydrogen) atoms. The second-order valence-electron chi connectivity index (χ2n) is 5.89. The van der Waals surface area contributed by atoms with Crippen molar-refractivity contribution in [1.29, 1.82) is 0 Å². The van der Waals surface area contributed by atoms with Crippen molar-refractivity contribution < 1.29 is 9.84 Å². The topological polar surface area (TPSA) is 29.5 Å². The molecule has 0 saturated heterocycles. The standard InChI is InChI=1S/C22H22O2/c1-2-6-20-15-19(18-9-12-21(23)13-10-18)11-14-22(20)24-16-17-7-4-3-5-8-17/h3-5,7-15,23H,2,6,16H2,1H3. The number of rotatable bonds is 6. The number of phenols is 1. The average Bonchev–Trinajstić information content (AvgIpc) is 2.62. The van der Waals surface area contributed by atoms with Gasteiger partial charge in [-0.2, -0.15) is 0 Å². The maximum absolute atomic E-state index is 9.44. The van der Waals surface area contributed by atoms with Crippen molar-refractivity contribution in [3.05, 3.63) is 83.9 Å². The van der Waals surface area contributed by atoms with E-state index in [1.54, 1.807) is 12.1 Å². The summed E-state index contributed by atoms with van der Waals surface area (Å²) in [4.78, 5) is 0. The van der Waals surface area contributed by atoms with Gasteiger partial charge in [-0.3, -0.25) is 0 Å². The minimum atomic E-state index is 0.287. The zero-order chi connectivity index (χ0) is 16.8. The Labute approximate surface area is 143 Å². The van der Waals surface area contributed by atoms with Crippen molar-refractivity contribution in [3.8, 4) is 22.6 Å². The van der Waals surface area contributed by atoms with Crippen LogP contribution in [0.3, 0.4) is 0 Å². The van der Waals surface area contributed by atoms with Gasteiger partial charge in [-0.25, -0.2) is 0 Å². The molecule has 122 valence electrons. The molecule has 0 saturated carbocycles. The van der Waals surface area contributed by atoms with Crippen LogP contribution in [0.4, 0.5) is 0 Å². The van der Waals surface area contributed by atoms with Gasteiger partial charge in [0.05, 0.1) is 0 Å². The number of aryl methyl sites for hydroxylation is 1. The van der Waals surface area contributed by atoms with E-state index in [0.717, 1.165) is 29.7 Å². The fraction of sp³-hybridized carbons (Fsp3) is 0.182. The zero-order valence-corrected chi connectivity index (χ0v) is 13.9. The van der Waals surface area contributed by atoms with E-state index in [9.17, 15) is 5.11 Å². The van der Waals surface area contributed by atoms with Gasteiger partial charge >= 0.3 is 0 Å². The Morgan fingerprint density at radius 1 is 0.833 bits per heavy atom. The summed E-state index contributed by atoms with van der Waals surface area (Å²) in [5.74, 6) is 1.23. The number of ether oxygens (including phenoxy) is 1. The molecule has 3 aromatic carbocycles. The van der Waals surface area contributed by atoms with Gasteiger partial charge in [-0.05, 0) is 52.9 Å². The molecule has 2 heteroatoms. The third kappa shape index (κ3) is 3.96. The minimum Gasteiger partial charge on any atom is -0.508 e. The number of benzene rings is 3. The highest BCUT2D eigenvalue weighted by molar-refractivity contribution is 5.66. The van der Waals surface area contributed by atoms with Crippen molar-refractivity contribution in [1.82, 2.24) is 0 Å². The highest BCUT2D eigenvalue weighted by atomic mass is 16.5. The molecule has 0 amide bonds. The molecule has 0 radical (unpaired) electrons. The summed E-state index contributed by atoms with van der Waals surface area (Å²) in [6, 6.07) is 23.8. The lowest BCUT2D eigenvalue weighted by atomic mass is 10.00. The first-order chi connectivity index (χ1) is 11.8. The molecule has 3 rings (SSSR count). The summed E-state index contributed by atoms with van der Waals surface area (Å²) in [6.07, 6.45) is 2.05. The zero-order valence-electron chi connectivity index (χ0n) is 13.9. The van der Waals surface area contributed by atoms with Crippen molar-refractivity contribution in [2.45, 2.75) is 26.4 Å². The molecule has 0 spiro atoms. The van der Waals surface area contributed by atoms with Gasteiger partial charge < -0.3 is 9.84 Å². The first-order valence-electron chi connectivity index (χ1n) is 8.35. The van der Waals surface area contributed by atoms with Crippen LogP contribution in [-0.2, 0) is 13.0 Å². The molecule has 0 aliphatic heterocycles. The van der Waals surface area contributed by atoms with Gasteiger partial charge in [-0.1, -0.05) is 61.9 Å². The van der Waals surface area contributed by atoms with Crippen LogP contribution in [0.15, 0.2) is 72.8 Å². The SMILES string of the molecule is CCCc1cc(-c2ccc(O)cc2)ccc1OCc1ccccc1. The van der Waals surface area contributed by atoms with E-state index >= 15 is 0 Å². The molecular formula is C22H22O2. The van der Waals surface area contributed by atoms with Crippen LogP contribution >= 0.6 is 0 Å². The maximum Gasteiger partial charge on any atom is 0.123 e. The maximum atomic E-state index is 9.44. The molecule has 0 atom stereocenters. The fourth-order valence-corrected chi connectivity index (χ4v) is 2.75. The number of hydrogen-bond donors (Lipinski definition) is 1. The number of aromatic hydroxyl groups is 1. The van der Waals surface area contributed by atoms with Crippen molar-refractivity contribution in [3.63, 3.8) is 0 Å². The van der Waals surface area contributed by atoms with Crippen molar-refractivity contribution >= 4 is 0 Å². The van der Waals surface area contributed by atoms with Crippen LogP contribution in [0.1, 0.15) is 24.5 Å². The Kier molecular flexibility index (Phi) is 5.17. The smallest absolute Gasteiger partial charge is 0.123 e. The van der Waals surface area contributed by atoms with E-state index in [4.69, 9.17) is 4.74 Å². The van der Waals surface area contributed by atoms with Gasteiger partial charge in [0.25, 0.3) is 0 Å². The summed E-state index contributed by atoms with van der Waals surface area (Å²) in [5.41, 5.74) is 4.63. The predicted octanol–water partition coefficient (Wildman–Crippen LogP) is 5.59. The Morgan fingerprint density at radius 3 is 2.25 bits per heavy atom. The number of hydrogen-bond acceptors (Lipinski definition) is 2. The third-order valence-corrected chi connectivity index (χ3v) is 4.02. The molecule has 1 N–H and O–H groups in total. The van der Waals surface area contributed by atoms with Crippen LogP contribution in [0.2, 0.25) is 0 Å². The highest BCUT2D eigenvalue weighted by Gasteiger charge is 2.07. The van der Waals surface area contributed by atoms with Crippen LogP contribution < -0.4 is 4.74 Å². The molecule has 0 bridgehead atoms. The lowest BCUT2D eigenvalue weighted by Gasteiger charge is -2.13. The van der Waals surface area contributed by atoms with Crippen LogP contribution in [-0.4, -0.2) is 5.11 Å². The monoisotopic (exact) mass is 318 g/mol. The minimum absolute atomic E-state index is 0.287. The Bertz CT molecular complexity index is 777. The van der Waals surface area contributed by atoms with Gasteiger partial charge in [0.1, 0.15) is 18.1 Å². The molecule has 0 aromatic heterocycles. The van der Waals surface area contributed by atoms with Gasteiger partial charge in [0.15, 0.2) is 0 Å². The van der Waals surface area contributed by atoms with E-state index in [0.29, 0.717) is 6.61 Å². The van der Waals surface area contributed by atoms with Gasteiger partial charge in [0.2, 0.25) is 0 Å². The molecule has 2 nitrogen and oxygen atoms in total. The van der Waals surface area contributed by atoms with E-state index < -0.39 is 0 Å². The van der Waals surface area contributed by atoms with Crippen molar-refractivity contribution in [2.75, 3.05) is 0 Å². The average molecular weight is 318 g/mol. The molecule has 3 aromatic rings. The highest BCUT2D eigenvalue weighted by Crippen LogP contribution is 2.29. The Balaban J connectivity index is 1.83. The predicted molar refractivity (Wildman–Crippen MR) is 98.3 cm³/mol. The van der Waals surface area contributed by atoms with E-state index in [1.807, 2.05) is 30.3 Å². The van der Waals surface area contributed by atoms with Crippen LogP contribution in [0.5, 0.6) is 11.5 Å². The molecule has 0 heterocycles. The first-order valence-corrected chi connectivity index (χ1v) is 8.35. The molecule has 0 aliphatic carbocycles. The van der Waals surface area contributed by atoms with Gasteiger partial charge in [0, 0.05) is 0 Å². The fourth-order valence-electron chi connectivity index (χ4n) is 2.75. The molecule has 0 aliphatic rings. The summed E-state index contributed by atoms with van der Waals surface area (Å²) in [7, 11) is 0. The van der Waals surface area contributed by atoms with Crippen molar-refractivity contribution in [2.24, 2.45) is 0 Å². The summed E-state index contributed by atoms with van der Waals surface area (Å²) < 4.78 is 6.05. The molecule has 0 fully saturated rings. The first kappa shape index (κ1) is 16.1. The summed E-state index contributed by atoms with van der Waals surface area (Å²) >= 11 is 0. The molecular weight excluding hydrogens is 296 g/mol. The normalized spacial score (nSPS) is 10.5. The largest absolute Gasteiger partial charge is 0.508 e. The second kappa shape index (κ2) is 7.69. The number of phenolic OH excluding ortho intramolecular Hbond substituents is 1. The Hall–Kier alpha value is -2.74. The summed E-state index contributed by atoms with van der Waals surface area (Å²) in [5, 5.41) is 9.44. The summed E-state index contributed by atoms with van der Waals surface area (Å²) in [6.45, 7) is 2.75. The lowest BCUT2D eigenvalue weighted by molar-refractivity contribution is 0.303. The lowest BCUT2D eigenvalue weighted by Crippen LogP contribution is -1.99. The quantitative estimate of drug-likeness (QED) is 0.642.